The number of hydrogen-bond acceptors (Lipinski definition) is 7. The fourth-order valence-electron chi connectivity index (χ4n) is 4.34. The summed E-state index contributed by atoms with van der Waals surface area (Å²) in [4.78, 5) is 14.7. The van der Waals surface area contributed by atoms with E-state index in [9.17, 15) is 44.3 Å². The average Bonchev–Trinajstić information content (AvgIpc) is 3.75. The van der Waals surface area contributed by atoms with Gasteiger partial charge in [-0.25, -0.2) is 4.79 Å². The number of nitrogens with zero attached hydrogens (tertiary/aromatic N) is 4. The van der Waals surface area contributed by atoms with Gasteiger partial charge in [0.15, 0.2) is 17.2 Å². The Bertz CT molecular complexity index is 1590. The highest BCUT2D eigenvalue weighted by atomic mass is 32.1. The SMILES string of the molecule is CCCCCCC(CCC(F)(F)C(F)(F)C(F)(F)C(F)(F)F)OC(=O)c1nn2c(-c3cccs3)nnc2/c1=C\c1cccs1. The summed E-state index contributed by atoms with van der Waals surface area (Å²) in [6, 6.07) is 6.97. The molecule has 1 atom stereocenters. The van der Waals surface area contributed by atoms with Crippen molar-refractivity contribution < 1.29 is 49.0 Å². The molecule has 240 valence electrons. The minimum Gasteiger partial charge on any atom is -0.458 e. The molecule has 4 rings (SSSR count). The number of carbonyl (C=O) groups is 1. The maximum atomic E-state index is 14.3. The van der Waals surface area contributed by atoms with Crippen molar-refractivity contribution in [2.75, 3.05) is 0 Å². The highest BCUT2D eigenvalue weighted by molar-refractivity contribution is 7.13. The van der Waals surface area contributed by atoms with Crippen LogP contribution in [0, 0.1) is 0 Å². The third-order valence-electron chi connectivity index (χ3n) is 6.74. The molecule has 0 aliphatic carbocycles. The van der Waals surface area contributed by atoms with E-state index in [1.54, 1.807) is 41.1 Å². The summed E-state index contributed by atoms with van der Waals surface area (Å²) < 4.78 is 128. The first-order valence-electron chi connectivity index (χ1n) is 13.4. The molecule has 4 heterocycles. The van der Waals surface area contributed by atoms with Crippen molar-refractivity contribution in [3.63, 3.8) is 0 Å². The number of fused-ring (bicyclic) bond motifs is 1. The summed E-state index contributed by atoms with van der Waals surface area (Å²) in [7, 11) is 0. The highest BCUT2D eigenvalue weighted by Gasteiger charge is 2.81. The van der Waals surface area contributed by atoms with Gasteiger partial charge in [-0.05, 0) is 48.2 Å². The van der Waals surface area contributed by atoms with Crippen LogP contribution in [0.5, 0.6) is 0 Å². The Labute approximate surface area is 252 Å². The highest BCUT2D eigenvalue weighted by Crippen LogP contribution is 2.54. The van der Waals surface area contributed by atoms with Gasteiger partial charge in [0.25, 0.3) is 0 Å². The number of esters is 1. The van der Waals surface area contributed by atoms with Gasteiger partial charge < -0.3 is 4.74 Å². The number of hydrogen-bond donors (Lipinski definition) is 0. The number of aromatic nitrogens is 4. The van der Waals surface area contributed by atoms with Crippen LogP contribution in [0.4, 0.5) is 39.5 Å². The van der Waals surface area contributed by atoms with Gasteiger partial charge in [-0.2, -0.15) is 49.1 Å². The minimum absolute atomic E-state index is 0.132. The van der Waals surface area contributed by atoms with Crippen LogP contribution in [0.15, 0.2) is 35.0 Å². The number of halogens is 9. The summed E-state index contributed by atoms with van der Waals surface area (Å²) in [5.41, 5.74) is -0.144. The molecule has 0 aromatic carbocycles. The van der Waals surface area contributed by atoms with E-state index in [4.69, 9.17) is 4.74 Å². The molecule has 0 fully saturated rings. The van der Waals surface area contributed by atoms with Crippen LogP contribution in [0.25, 0.3) is 22.4 Å². The molecule has 0 radical (unpaired) electrons. The Morgan fingerprint density at radius 1 is 0.932 bits per heavy atom. The molecule has 44 heavy (non-hydrogen) atoms. The predicted molar refractivity (Wildman–Crippen MR) is 145 cm³/mol. The maximum absolute atomic E-state index is 14.3. The fourth-order valence-corrected chi connectivity index (χ4v) is 5.69. The van der Waals surface area contributed by atoms with Gasteiger partial charge in [-0.1, -0.05) is 38.3 Å². The second-order valence-electron chi connectivity index (χ2n) is 9.92. The molecule has 6 nitrogen and oxygen atoms in total. The zero-order chi connectivity index (χ0) is 32.3. The molecule has 0 N–H and O–H groups in total. The van der Waals surface area contributed by atoms with Crippen molar-refractivity contribution in [3.8, 4) is 10.7 Å². The van der Waals surface area contributed by atoms with Gasteiger partial charge in [0.1, 0.15) is 6.10 Å². The van der Waals surface area contributed by atoms with Gasteiger partial charge in [0, 0.05) is 11.3 Å². The first kappa shape index (κ1) is 33.7. The van der Waals surface area contributed by atoms with E-state index >= 15 is 0 Å². The van der Waals surface area contributed by atoms with Crippen LogP contribution in [0.3, 0.4) is 0 Å². The smallest absolute Gasteiger partial charge is 0.458 e. The van der Waals surface area contributed by atoms with Crippen LogP contribution in [0.1, 0.15) is 67.2 Å². The number of rotatable bonds is 14. The molecule has 0 aliphatic heterocycles. The molecule has 0 saturated heterocycles. The third kappa shape index (κ3) is 6.72. The summed E-state index contributed by atoms with van der Waals surface area (Å²) in [6.07, 6.45) is -7.92. The normalized spacial score (nSPS) is 14.5. The molecule has 0 bridgehead atoms. The van der Waals surface area contributed by atoms with Crippen molar-refractivity contribution in [2.45, 2.75) is 81.9 Å². The molecule has 4 aromatic heterocycles. The standard InChI is InChI=1S/C27H25F9N4O2S2/c1-2-3-4-5-8-16(11-12-24(28,29)25(30,31)26(32,33)27(34,35)36)42-23(41)20-18(15-17-9-6-13-43-17)21-37-38-22(40(21)39-20)19-10-7-14-44-19/h6-7,9-10,13-16H,2-5,8,11-12H2,1H3/b18-15-. The zero-order valence-corrected chi connectivity index (χ0v) is 24.5. The van der Waals surface area contributed by atoms with Gasteiger partial charge in [0.05, 0.1) is 10.1 Å². The summed E-state index contributed by atoms with van der Waals surface area (Å²) >= 11 is 2.63. The molecule has 1 unspecified atom stereocenters. The Kier molecular flexibility index (Phi) is 9.97. The molecule has 0 aliphatic rings. The zero-order valence-electron chi connectivity index (χ0n) is 22.9. The van der Waals surface area contributed by atoms with Crippen molar-refractivity contribution in [1.82, 2.24) is 19.8 Å². The van der Waals surface area contributed by atoms with E-state index in [0.717, 1.165) is 6.42 Å². The molecule has 17 heteroatoms. The molecule has 4 aromatic rings. The van der Waals surface area contributed by atoms with E-state index in [0.29, 0.717) is 28.4 Å². The Morgan fingerprint density at radius 2 is 1.64 bits per heavy atom. The lowest BCUT2D eigenvalue weighted by Crippen LogP contribution is -2.60. The minimum atomic E-state index is -6.99. The van der Waals surface area contributed by atoms with E-state index in [2.05, 4.69) is 15.3 Å². The lowest BCUT2D eigenvalue weighted by Gasteiger charge is -2.34. The number of carbonyl (C=O) groups excluding carboxylic acids is 1. The fraction of sp³-hybridized carbons (Fsp3) is 0.481. The van der Waals surface area contributed by atoms with E-state index < -0.39 is 48.9 Å². The van der Waals surface area contributed by atoms with E-state index in [1.165, 1.54) is 27.2 Å². The second-order valence-corrected chi connectivity index (χ2v) is 11.9. The Balaban J connectivity index is 1.64. The molecule has 0 spiro atoms. The number of unbranched alkanes of at least 4 members (excludes halogenated alkanes) is 3. The summed E-state index contributed by atoms with van der Waals surface area (Å²) in [5.74, 6) is -20.4. The van der Waals surface area contributed by atoms with Crippen molar-refractivity contribution in [2.24, 2.45) is 0 Å². The van der Waals surface area contributed by atoms with Crippen LogP contribution >= 0.6 is 22.7 Å². The third-order valence-corrected chi connectivity index (χ3v) is 8.43. The maximum Gasteiger partial charge on any atom is 0.460 e. The van der Waals surface area contributed by atoms with Crippen molar-refractivity contribution in [3.05, 3.63) is 50.8 Å². The first-order chi connectivity index (χ1) is 20.6. The summed E-state index contributed by atoms with van der Waals surface area (Å²) in [5, 5.41) is 16.2. The number of alkyl halides is 9. The van der Waals surface area contributed by atoms with E-state index in [1.807, 2.05) is 6.92 Å². The van der Waals surface area contributed by atoms with Gasteiger partial charge in [0.2, 0.25) is 0 Å². The monoisotopic (exact) mass is 672 g/mol. The second kappa shape index (κ2) is 13.0. The largest absolute Gasteiger partial charge is 0.460 e. The number of ether oxygens (including phenoxy) is 1. The molecule has 0 amide bonds. The summed E-state index contributed by atoms with van der Waals surface area (Å²) in [6.45, 7) is 1.88. The van der Waals surface area contributed by atoms with E-state index in [-0.39, 0.29) is 29.4 Å². The predicted octanol–water partition coefficient (Wildman–Crippen LogP) is 8.21. The number of thiophene rings is 2. The molecular formula is C27H25F9N4O2S2. The van der Waals surface area contributed by atoms with Crippen LogP contribution in [-0.4, -0.2) is 55.8 Å². The Hall–Kier alpha value is -3.21. The average molecular weight is 673 g/mol. The van der Waals surface area contributed by atoms with Gasteiger partial charge in [-0.3, -0.25) is 0 Å². The molecular weight excluding hydrogens is 647 g/mol. The topological polar surface area (TPSA) is 69.4 Å². The van der Waals surface area contributed by atoms with Crippen molar-refractivity contribution in [1.29, 1.82) is 0 Å². The van der Waals surface area contributed by atoms with Crippen LogP contribution in [-0.2, 0) is 4.74 Å². The quantitative estimate of drug-likeness (QED) is 0.0768. The van der Waals surface area contributed by atoms with Gasteiger partial charge >= 0.3 is 29.9 Å². The lowest BCUT2D eigenvalue weighted by atomic mass is 9.96. The Morgan fingerprint density at radius 3 is 2.25 bits per heavy atom. The van der Waals surface area contributed by atoms with Crippen molar-refractivity contribution >= 4 is 40.4 Å². The molecule has 0 saturated carbocycles. The van der Waals surface area contributed by atoms with Gasteiger partial charge in [-0.15, -0.1) is 32.9 Å². The first-order valence-corrected chi connectivity index (χ1v) is 15.1. The van der Waals surface area contributed by atoms with Crippen LogP contribution < -0.4 is 5.22 Å². The van der Waals surface area contributed by atoms with Crippen LogP contribution in [0.2, 0.25) is 0 Å². The lowest BCUT2D eigenvalue weighted by molar-refractivity contribution is -0.397.